The van der Waals surface area contributed by atoms with Crippen LogP contribution in [0.1, 0.15) is 17.5 Å². The van der Waals surface area contributed by atoms with Gasteiger partial charge in [-0.05, 0) is 48.1 Å². The minimum absolute atomic E-state index is 0.179. The molecule has 6 heteroatoms. The van der Waals surface area contributed by atoms with Gasteiger partial charge in [-0.25, -0.2) is 0 Å². The molecule has 5 nitrogen and oxygen atoms in total. The van der Waals surface area contributed by atoms with Crippen molar-refractivity contribution in [2.75, 3.05) is 0 Å². The second kappa shape index (κ2) is 7.26. The molecule has 0 spiro atoms. The van der Waals surface area contributed by atoms with E-state index in [1.165, 1.54) is 0 Å². The summed E-state index contributed by atoms with van der Waals surface area (Å²) in [5.41, 5.74) is 1.77. The van der Waals surface area contributed by atoms with Gasteiger partial charge in [-0.15, -0.1) is 0 Å². The van der Waals surface area contributed by atoms with Crippen molar-refractivity contribution in [2.24, 2.45) is 28.8 Å². The molecule has 5 rings (SSSR count). The number of rotatable bonds is 5. The lowest BCUT2D eigenvalue weighted by Crippen LogP contribution is -2.28. The van der Waals surface area contributed by atoms with Crippen LogP contribution in [0.4, 0.5) is 0 Å². The van der Waals surface area contributed by atoms with Crippen molar-refractivity contribution in [3.63, 3.8) is 0 Å². The maximum absolute atomic E-state index is 12.8. The average molecular weight is 451 g/mol. The molecule has 2 fully saturated rings. The molecule has 29 heavy (non-hydrogen) atoms. The van der Waals surface area contributed by atoms with Crippen molar-refractivity contribution in [2.45, 2.75) is 13.0 Å². The van der Waals surface area contributed by atoms with Crippen molar-refractivity contribution >= 4 is 34.0 Å². The van der Waals surface area contributed by atoms with Crippen LogP contribution in [-0.4, -0.2) is 23.0 Å². The van der Waals surface area contributed by atoms with Gasteiger partial charge in [0.05, 0.1) is 18.1 Å². The Morgan fingerprint density at radius 3 is 2.34 bits per heavy atom. The van der Waals surface area contributed by atoms with E-state index < -0.39 is 0 Å². The molecule has 2 aromatic rings. The first-order valence-electron chi connectivity index (χ1n) is 9.68. The minimum atomic E-state index is -0.237. The number of hydrazone groups is 1. The van der Waals surface area contributed by atoms with Crippen LogP contribution in [0.2, 0.25) is 0 Å². The van der Waals surface area contributed by atoms with Crippen LogP contribution in [0, 0.1) is 23.7 Å². The van der Waals surface area contributed by atoms with Crippen molar-refractivity contribution < 1.29 is 14.3 Å². The first-order valence-corrected chi connectivity index (χ1v) is 10.5. The van der Waals surface area contributed by atoms with Crippen LogP contribution < -0.4 is 4.74 Å². The highest BCUT2D eigenvalue weighted by Crippen LogP contribution is 2.52. The fraction of sp³-hybridized carbons (Fsp3) is 0.261. The summed E-state index contributed by atoms with van der Waals surface area (Å²) in [5, 5.41) is 5.32. The summed E-state index contributed by atoms with van der Waals surface area (Å²) in [7, 11) is 0. The molecule has 1 saturated heterocycles. The summed E-state index contributed by atoms with van der Waals surface area (Å²) >= 11 is 3.42. The molecule has 0 N–H and O–H groups in total. The summed E-state index contributed by atoms with van der Waals surface area (Å²) in [6.07, 6.45) is 6.62. The molecule has 1 heterocycles. The van der Waals surface area contributed by atoms with E-state index in [-0.39, 0.29) is 35.5 Å². The number of amides is 2. The van der Waals surface area contributed by atoms with E-state index in [2.05, 4.69) is 33.2 Å². The third-order valence-electron chi connectivity index (χ3n) is 5.99. The van der Waals surface area contributed by atoms with E-state index in [1.54, 1.807) is 6.21 Å². The largest absolute Gasteiger partial charge is 0.488 e. The van der Waals surface area contributed by atoms with Crippen molar-refractivity contribution in [1.29, 1.82) is 0 Å². The number of carbonyl (C=O) groups is 2. The van der Waals surface area contributed by atoms with E-state index >= 15 is 0 Å². The number of halogens is 1. The SMILES string of the molecule is O=C1[C@@H]2[C@@H](C(=O)N1/N=C\c1ccccc1OCc1ccc(Br)cc1)[C@H]1C=C[C@@H]2C1. The van der Waals surface area contributed by atoms with E-state index in [0.717, 1.165) is 27.0 Å². The van der Waals surface area contributed by atoms with Crippen molar-refractivity contribution in [3.8, 4) is 5.75 Å². The Bertz CT molecular complexity index is 1000. The Hall–Kier alpha value is -2.73. The molecular formula is C23H19BrN2O3. The highest BCUT2D eigenvalue weighted by Gasteiger charge is 2.59. The molecule has 146 valence electrons. The number of fused-ring (bicyclic) bond motifs is 5. The lowest BCUT2D eigenvalue weighted by atomic mass is 9.85. The number of allylic oxidation sites excluding steroid dienone is 2. The van der Waals surface area contributed by atoms with Crippen LogP contribution in [0.3, 0.4) is 0 Å². The van der Waals surface area contributed by atoms with Gasteiger partial charge < -0.3 is 4.74 Å². The quantitative estimate of drug-likeness (QED) is 0.390. The monoisotopic (exact) mass is 450 g/mol. The molecular weight excluding hydrogens is 432 g/mol. The van der Waals surface area contributed by atoms with Gasteiger partial charge in [-0.2, -0.15) is 10.1 Å². The van der Waals surface area contributed by atoms with Crippen LogP contribution in [-0.2, 0) is 16.2 Å². The van der Waals surface area contributed by atoms with Crippen LogP contribution in [0.25, 0.3) is 0 Å². The number of hydrogen-bond donors (Lipinski definition) is 0. The summed E-state index contributed by atoms with van der Waals surface area (Å²) in [5.74, 6) is 0.186. The lowest BCUT2D eigenvalue weighted by molar-refractivity contribution is -0.140. The van der Waals surface area contributed by atoms with Crippen LogP contribution >= 0.6 is 15.9 Å². The van der Waals surface area contributed by atoms with Gasteiger partial charge in [0.1, 0.15) is 12.4 Å². The lowest BCUT2D eigenvalue weighted by Gasteiger charge is -2.13. The highest BCUT2D eigenvalue weighted by atomic mass is 79.9. The van der Waals surface area contributed by atoms with Crippen molar-refractivity contribution in [3.05, 3.63) is 76.3 Å². The number of ether oxygens (including phenoxy) is 1. The Kier molecular flexibility index (Phi) is 4.59. The zero-order valence-electron chi connectivity index (χ0n) is 15.6. The fourth-order valence-corrected chi connectivity index (χ4v) is 4.85. The molecule has 0 unspecified atom stereocenters. The summed E-state index contributed by atoms with van der Waals surface area (Å²) in [6, 6.07) is 15.4. The number of imide groups is 1. The first kappa shape index (κ1) is 18.3. The maximum atomic E-state index is 12.8. The normalized spacial score (nSPS) is 27.3. The number of para-hydroxylation sites is 1. The fourth-order valence-electron chi connectivity index (χ4n) is 4.58. The van der Waals surface area contributed by atoms with E-state index in [1.807, 2.05) is 48.5 Å². The van der Waals surface area contributed by atoms with Gasteiger partial charge in [-0.1, -0.05) is 52.3 Å². The Balaban J connectivity index is 1.32. The van der Waals surface area contributed by atoms with E-state index in [0.29, 0.717) is 12.4 Å². The van der Waals surface area contributed by atoms with Gasteiger partial charge >= 0.3 is 0 Å². The van der Waals surface area contributed by atoms with Gasteiger partial charge in [0, 0.05) is 10.0 Å². The molecule has 0 radical (unpaired) electrons. The average Bonchev–Trinajstić information content (AvgIpc) is 3.41. The second-order valence-corrected chi connectivity index (χ2v) is 8.60. The third-order valence-corrected chi connectivity index (χ3v) is 6.51. The van der Waals surface area contributed by atoms with E-state index in [4.69, 9.17) is 4.74 Å². The maximum Gasteiger partial charge on any atom is 0.254 e. The first-order chi connectivity index (χ1) is 14.1. The van der Waals surface area contributed by atoms with Gasteiger partial charge in [-0.3, -0.25) is 9.59 Å². The number of nitrogens with zero attached hydrogens (tertiary/aromatic N) is 2. The van der Waals surface area contributed by atoms with Crippen molar-refractivity contribution in [1.82, 2.24) is 5.01 Å². The topological polar surface area (TPSA) is 59.0 Å². The number of carbonyl (C=O) groups excluding carboxylic acids is 2. The predicted molar refractivity (Wildman–Crippen MR) is 112 cm³/mol. The summed E-state index contributed by atoms with van der Waals surface area (Å²) < 4.78 is 6.96. The van der Waals surface area contributed by atoms with Crippen LogP contribution in [0.5, 0.6) is 5.75 Å². The second-order valence-electron chi connectivity index (χ2n) is 7.69. The van der Waals surface area contributed by atoms with E-state index in [9.17, 15) is 9.59 Å². The number of benzene rings is 2. The highest BCUT2D eigenvalue weighted by molar-refractivity contribution is 9.10. The Labute approximate surface area is 177 Å². The molecule has 1 aliphatic heterocycles. The zero-order valence-corrected chi connectivity index (χ0v) is 17.2. The zero-order chi connectivity index (χ0) is 20.0. The summed E-state index contributed by atoms with van der Waals surface area (Å²) in [4.78, 5) is 25.5. The number of hydrogen-bond acceptors (Lipinski definition) is 4. The molecule has 0 aromatic heterocycles. The molecule has 1 saturated carbocycles. The van der Waals surface area contributed by atoms with Crippen LogP contribution in [0.15, 0.2) is 70.3 Å². The minimum Gasteiger partial charge on any atom is -0.488 e. The third kappa shape index (κ3) is 3.21. The summed E-state index contributed by atoms with van der Waals surface area (Å²) in [6.45, 7) is 0.416. The van der Waals surface area contributed by atoms with Gasteiger partial charge in [0.15, 0.2) is 0 Å². The standard InChI is InChI=1S/C23H19BrN2O3/c24-18-9-5-14(6-10-18)13-29-19-4-2-1-3-17(19)12-25-26-22(27)20-15-7-8-16(11-15)21(20)23(26)28/h1-10,12,15-16,20-21H,11,13H2/b25-12-/t15-,16+,20-,21-/m0/s1. The Morgan fingerprint density at radius 1 is 1.00 bits per heavy atom. The van der Waals surface area contributed by atoms with Gasteiger partial charge in [0.25, 0.3) is 11.8 Å². The predicted octanol–water partition coefficient (Wildman–Crippen LogP) is 4.17. The Morgan fingerprint density at radius 2 is 1.66 bits per heavy atom. The molecule has 2 aromatic carbocycles. The molecule has 3 aliphatic rings. The molecule has 2 bridgehead atoms. The molecule has 4 atom stereocenters. The smallest absolute Gasteiger partial charge is 0.254 e. The molecule has 2 aliphatic carbocycles. The molecule has 2 amide bonds. The van der Waals surface area contributed by atoms with Gasteiger partial charge in [0.2, 0.25) is 0 Å².